The fourth-order valence-corrected chi connectivity index (χ4v) is 4.13. The van der Waals surface area contributed by atoms with Gasteiger partial charge in [0, 0.05) is 18.2 Å². The van der Waals surface area contributed by atoms with Gasteiger partial charge in [0.1, 0.15) is 6.23 Å². The van der Waals surface area contributed by atoms with Crippen molar-refractivity contribution in [3.05, 3.63) is 47.0 Å². The predicted octanol–water partition coefficient (Wildman–Crippen LogP) is 1.65. The molecule has 1 N–H and O–H groups in total. The van der Waals surface area contributed by atoms with Gasteiger partial charge in [-0.1, -0.05) is 0 Å². The molecule has 1 fully saturated rings. The summed E-state index contributed by atoms with van der Waals surface area (Å²) in [6, 6.07) is 5.78. The fourth-order valence-electron chi connectivity index (χ4n) is 2.92. The summed E-state index contributed by atoms with van der Waals surface area (Å²) in [5, 5.41) is 11.0. The molecule has 1 unspecified atom stereocenters. The highest BCUT2D eigenvalue weighted by Gasteiger charge is 2.24. The van der Waals surface area contributed by atoms with Crippen molar-refractivity contribution < 1.29 is 13.2 Å². The third-order valence-electron chi connectivity index (χ3n) is 4.26. The maximum absolute atomic E-state index is 12.8. The number of hydrogen-bond acceptors (Lipinski definition) is 6. The molecule has 1 saturated heterocycles. The Morgan fingerprint density at radius 3 is 2.92 bits per heavy atom. The molecule has 8 nitrogen and oxygen atoms in total. The van der Waals surface area contributed by atoms with Crippen LogP contribution in [-0.4, -0.2) is 35.0 Å². The Kier molecular flexibility index (Phi) is 3.89. The number of hydrogen-bond donors (Lipinski definition) is 1. The van der Waals surface area contributed by atoms with Gasteiger partial charge in [0.05, 0.1) is 16.5 Å². The summed E-state index contributed by atoms with van der Waals surface area (Å²) >= 11 is 0. The van der Waals surface area contributed by atoms with Crippen molar-refractivity contribution in [2.24, 2.45) is 0 Å². The molecule has 3 aromatic rings. The largest absolute Gasteiger partial charge is 0.357 e. The average Bonchev–Trinajstić information content (AvgIpc) is 3.13. The minimum absolute atomic E-state index is 0.0428. The normalized spacial score (nSPS) is 18.5. The van der Waals surface area contributed by atoms with Crippen molar-refractivity contribution >= 4 is 20.6 Å². The van der Waals surface area contributed by atoms with Crippen molar-refractivity contribution in [2.45, 2.75) is 35.4 Å². The summed E-state index contributed by atoms with van der Waals surface area (Å²) in [5.74, 6) is 0. The number of fused-ring (bicyclic) bond motifs is 1. The van der Waals surface area contributed by atoms with Crippen LogP contribution < -0.4 is 5.56 Å². The number of aromatic amines is 1. The Balaban J connectivity index is 1.72. The highest BCUT2D eigenvalue weighted by molar-refractivity contribution is 7.91. The summed E-state index contributed by atoms with van der Waals surface area (Å²) < 4.78 is 32.9. The summed E-state index contributed by atoms with van der Waals surface area (Å²) in [5.41, 5.74) is -0.361. The van der Waals surface area contributed by atoms with Crippen molar-refractivity contribution in [2.75, 3.05) is 6.61 Å². The number of rotatable bonds is 3. The first kappa shape index (κ1) is 16.0. The molecule has 2 aromatic heterocycles. The van der Waals surface area contributed by atoms with Crippen LogP contribution in [0.1, 0.15) is 25.5 Å². The Labute approximate surface area is 143 Å². The summed E-state index contributed by atoms with van der Waals surface area (Å²) in [7, 11) is -3.79. The number of H-pyrrole nitrogens is 1. The van der Waals surface area contributed by atoms with E-state index in [0.29, 0.717) is 17.4 Å². The van der Waals surface area contributed by atoms with Crippen molar-refractivity contribution in [3.63, 3.8) is 0 Å². The number of ether oxygens (including phenoxy) is 1. The van der Waals surface area contributed by atoms with Gasteiger partial charge in [-0.15, -0.1) is 0 Å². The molecule has 0 spiro atoms. The van der Waals surface area contributed by atoms with Gasteiger partial charge in [0.25, 0.3) is 5.56 Å². The second-order valence-electron chi connectivity index (χ2n) is 5.91. The Morgan fingerprint density at radius 1 is 1.24 bits per heavy atom. The van der Waals surface area contributed by atoms with Crippen LogP contribution in [0, 0.1) is 0 Å². The Bertz CT molecular complexity index is 1080. The summed E-state index contributed by atoms with van der Waals surface area (Å²) in [6.07, 6.45) is 5.66. The molecule has 1 aliphatic rings. The third-order valence-corrected chi connectivity index (χ3v) is 5.90. The number of benzene rings is 1. The van der Waals surface area contributed by atoms with E-state index in [4.69, 9.17) is 4.74 Å². The van der Waals surface area contributed by atoms with E-state index in [1.54, 1.807) is 10.9 Å². The highest BCUT2D eigenvalue weighted by atomic mass is 32.2. The standard InChI is InChI=1S/C16H16N4O4S/c21-16-13-5-4-12(9-11(13)10-17-18-16)25(22,23)14-6-7-20(19-14)15-3-1-2-8-24-15/h4-7,9-10,15H,1-3,8H2,(H,18,21). The van der Waals surface area contributed by atoms with Gasteiger partial charge < -0.3 is 4.74 Å². The molecular formula is C16H16N4O4S. The molecule has 1 aliphatic heterocycles. The topological polar surface area (TPSA) is 107 Å². The number of sulfone groups is 1. The van der Waals surface area contributed by atoms with E-state index < -0.39 is 9.84 Å². The van der Waals surface area contributed by atoms with Crippen LogP contribution in [0.4, 0.5) is 0 Å². The lowest BCUT2D eigenvalue weighted by Crippen LogP contribution is -2.19. The van der Waals surface area contributed by atoms with E-state index in [2.05, 4.69) is 15.3 Å². The van der Waals surface area contributed by atoms with E-state index in [-0.39, 0.29) is 21.7 Å². The lowest BCUT2D eigenvalue weighted by molar-refractivity contribution is -0.0401. The summed E-state index contributed by atoms with van der Waals surface area (Å²) in [4.78, 5) is 11.8. The monoisotopic (exact) mass is 360 g/mol. The zero-order valence-electron chi connectivity index (χ0n) is 13.3. The first-order chi connectivity index (χ1) is 12.1. The molecule has 0 bridgehead atoms. The number of nitrogens with one attached hydrogen (secondary N) is 1. The molecule has 0 aliphatic carbocycles. The molecule has 0 radical (unpaired) electrons. The van der Waals surface area contributed by atoms with Crippen LogP contribution in [0.15, 0.2) is 51.4 Å². The highest BCUT2D eigenvalue weighted by Crippen LogP contribution is 2.25. The average molecular weight is 360 g/mol. The van der Waals surface area contributed by atoms with Gasteiger partial charge in [-0.3, -0.25) is 4.79 Å². The van der Waals surface area contributed by atoms with E-state index >= 15 is 0 Å². The van der Waals surface area contributed by atoms with E-state index in [0.717, 1.165) is 19.3 Å². The Hall–Kier alpha value is -2.52. The molecule has 4 rings (SSSR count). The summed E-state index contributed by atoms with van der Waals surface area (Å²) in [6.45, 7) is 0.652. The van der Waals surface area contributed by atoms with Gasteiger partial charge in [0.15, 0.2) is 5.03 Å². The van der Waals surface area contributed by atoms with Crippen molar-refractivity contribution in [3.8, 4) is 0 Å². The zero-order chi connectivity index (χ0) is 17.4. The molecule has 9 heteroatoms. The second-order valence-corrected chi connectivity index (χ2v) is 7.80. The van der Waals surface area contributed by atoms with Crippen LogP contribution in [0.25, 0.3) is 10.8 Å². The van der Waals surface area contributed by atoms with Gasteiger partial charge >= 0.3 is 0 Å². The molecule has 130 valence electrons. The Morgan fingerprint density at radius 2 is 2.12 bits per heavy atom. The van der Waals surface area contributed by atoms with Crippen molar-refractivity contribution in [1.29, 1.82) is 0 Å². The van der Waals surface area contributed by atoms with E-state index in [9.17, 15) is 13.2 Å². The lowest BCUT2D eigenvalue weighted by Gasteiger charge is -2.22. The molecule has 1 atom stereocenters. The maximum Gasteiger partial charge on any atom is 0.272 e. The minimum Gasteiger partial charge on any atom is -0.357 e. The second kappa shape index (κ2) is 6.08. The SMILES string of the molecule is O=c1[nH]ncc2cc(S(=O)(=O)c3ccn(C4CCCCO4)n3)ccc12. The first-order valence-corrected chi connectivity index (χ1v) is 9.43. The van der Waals surface area contributed by atoms with Gasteiger partial charge in [-0.25, -0.2) is 18.2 Å². The van der Waals surface area contributed by atoms with E-state index in [1.165, 1.54) is 30.5 Å². The molecule has 25 heavy (non-hydrogen) atoms. The molecule has 0 amide bonds. The molecule has 0 saturated carbocycles. The van der Waals surface area contributed by atoms with Crippen LogP contribution in [0.2, 0.25) is 0 Å². The van der Waals surface area contributed by atoms with Crippen LogP contribution >= 0.6 is 0 Å². The third kappa shape index (κ3) is 2.85. The predicted molar refractivity (Wildman–Crippen MR) is 88.9 cm³/mol. The van der Waals surface area contributed by atoms with E-state index in [1.807, 2.05) is 0 Å². The molecular weight excluding hydrogens is 344 g/mol. The lowest BCUT2D eigenvalue weighted by atomic mass is 10.2. The van der Waals surface area contributed by atoms with Gasteiger partial charge in [-0.2, -0.15) is 10.2 Å². The minimum atomic E-state index is -3.79. The van der Waals surface area contributed by atoms with Gasteiger partial charge in [0.2, 0.25) is 9.84 Å². The van der Waals surface area contributed by atoms with Crippen molar-refractivity contribution in [1.82, 2.24) is 20.0 Å². The number of nitrogens with zero attached hydrogens (tertiary/aromatic N) is 3. The first-order valence-electron chi connectivity index (χ1n) is 7.95. The van der Waals surface area contributed by atoms with Crippen LogP contribution in [0.5, 0.6) is 0 Å². The quantitative estimate of drug-likeness (QED) is 0.761. The fraction of sp³-hybridized carbons (Fsp3) is 0.312. The zero-order valence-corrected chi connectivity index (χ0v) is 14.1. The maximum atomic E-state index is 12.8. The van der Waals surface area contributed by atoms with Crippen LogP contribution in [0.3, 0.4) is 0 Å². The smallest absolute Gasteiger partial charge is 0.272 e. The van der Waals surface area contributed by atoms with Gasteiger partial charge in [-0.05, 0) is 43.5 Å². The molecule has 1 aromatic carbocycles. The number of aromatic nitrogens is 4. The van der Waals surface area contributed by atoms with Crippen LogP contribution in [-0.2, 0) is 14.6 Å². The molecule has 3 heterocycles.